The first-order valence-corrected chi connectivity index (χ1v) is 9.07. The van der Waals surface area contributed by atoms with Gasteiger partial charge in [-0.2, -0.15) is 0 Å². The van der Waals surface area contributed by atoms with Crippen LogP contribution in [0.15, 0.2) is 60.8 Å². The molecule has 1 aliphatic rings. The Balaban J connectivity index is 1.50. The van der Waals surface area contributed by atoms with Crippen molar-refractivity contribution in [3.63, 3.8) is 0 Å². The van der Waals surface area contributed by atoms with Crippen molar-refractivity contribution in [2.24, 2.45) is 5.41 Å². The average molecular weight is 373 g/mol. The highest BCUT2D eigenvalue weighted by Crippen LogP contribution is 2.47. The second-order valence-corrected chi connectivity index (χ2v) is 7.00. The number of anilines is 2. The van der Waals surface area contributed by atoms with Gasteiger partial charge in [-0.15, -0.1) is 0 Å². The lowest BCUT2D eigenvalue weighted by molar-refractivity contribution is -0.131. The van der Waals surface area contributed by atoms with Gasteiger partial charge in [0.1, 0.15) is 5.41 Å². The van der Waals surface area contributed by atoms with E-state index in [0.717, 1.165) is 5.39 Å². The highest BCUT2D eigenvalue weighted by atomic mass is 16.2. The van der Waals surface area contributed by atoms with Gasteiger partial charge in [0.05, 0.1) is 11.2 Å². The van der Waals surface area contributed by atoms with Crippen LogP contribution in [0.4, 0.5) is 11.4 Å². The lowest BCUT2D eigenvalue weighted by Crippen LogP contribution is -2.35. The molecule has 0 aliphatic heterocycles. The third-order valence-electron chi connectivity index (χ3n) is 5.05. The van der Waals surface area contributed by atoms with Crippen molar-refractivity contribution in [3.8, 4) is 0 Å². The summed E-state index contributed by atoms with van der Waals surface area (Å²) in [5.41, 5.74) is 1.33. The van der Waals surface area contributed by atoms with E-state index in [1.54, 1.807) is 36.5 Å². The zero-order valence-corrected chi connectivity index (χ0v) is 15.4. The van der Waals surface area contributed by atoms with Gasteiger partial charge < -0.3 is 10.6 Å². The van der Waals surface area contributed by atoms with E-state index < -0.39 is 5.41 Å². The summed E-state index contributed by atoms with van der Waals surface area (Å²) in [5, 5.41) is 6.58. The molecule has 0 atom stereocenters. The fourth-order valence-electron chi connectivity index (χ4n) is 3.17. The molecular weight excluding hydrogens is 354 g/mol. The highest BCUT2D eigenvalue weighted by Gasteiger charge is 2.56. The van der Waals surface area contributed by atoms with Crippen molar-refractivity contribution in [2.45, 2.75) is 19.8 Å². The lowest BCUT2D eigenvalue weighted by atomic mass is 10.0. The molecule has 1 fully saturated rings. The summed E-state index contributed by atoms with van der Waals surface area (Å²) >= 11 is 0. The molecule has 28 heavy (non-hydrogen) atoms. The molecule has 0 saturated heterocycles. The number of carbonyl (C=O) groups excluding carboxylic acids is 3. The van der Waals surface area contributed by atoms with Gasteiger partial charge in [-0.25, -0.2) is 0 Å². The van der Waals surface area contributed by atoms with Crippen LogP contribution in [0.3, 0.4) is 0 Å². The monoisotopic (exact) mass is 373 g/mol. The Bertz CT molecular complexity index is 1080. The Labute approximate surface area is 162 Å². The maximum Gasteiger partial charge on any atom is 0.240 e. The SMILES string of the molecule is CC(=O)c1ccc(NC(=O)C2(C(=O)Nc3cccc4cccnc34)CC2)cc1. The summed E-state index contributed by atoms with van der Waals surface area (Å²) in [4.78, 5) is 41.3. The number of aromatic nitrogens is 1. The number of hydrogen-bond donors (Lipinski definition) is 2. The molecule has 1 heterocycles. The van der Waals surface area contributed by atoms with Gasteiger partial charge in [-0.1, -0.05) is 18.2 Å². The molecule has 3 aromatic rings. The number of para-hydroxylation sites is 1. The first-order chi connectivity index (χ1) is 13.5. The summed E-state index contributed by atoms with van der Waals surface area (Å²) in [7, 11) is 0. The first-order valence-electron chi connectivity index (χ1n) is 9.07. The van der Waals surface area contributed by atoms with Gasteiger partial charge in [-0.05, 0) is 56.2 Å². The zero-order valence-electron chi connectivity index (χ0n) is 15.4. The molecular formula is C22H19N3O3. The van der Waals surface area contributed by atoms with Crippen LogP contribution in [0.2, 0.25) is 0 Å². The van der Waals surface area contributed by atoms with E-state index >= 15 is 0 Å². The van der Waals surface area contributed by atoms with Crippen LogP contribution in [0.25, 0.3) is 10.9 Å². The standard InChI is InChI=1S/C22H19N3O3/c1-14(26)15-7-9-17(10-8-15)24-20(27)22(11-12-22)21(28)25-18-6-2-4-16-5-3-13-23-19(16)18/h2-10,13H,11-12H2,1H3,(H,24,27)(H,25,28). The molecule has 4 rings (SSSR count). The number of benzene rings is 2. The molecule has 1 aliphatic carbocycles. The fraction of sp³-hybridized carbons (Fsp3) is 0.182. The molecule has 0 bridgehead atoms. The first kappa shape index (κ1) is 17.9. The van der Waals surface area contributed by atoms with Gasteiger partial charge in [0.25, 0.3) is 0 Å². The molecule has 6 heteroatoms. The molecule has 2 aromatic carbocycles. The van der Waals surface area contributed by atoms with Crippen molar-refractivity contribution >= 4 is 39.9 Å². The van der Waals surface area contributed by atoms with E-state index in [-0.39, 0.29) is 17.6 Å². The molecule has 1 saturated carbocycles. The van der Waals surface area contributed by atoms with Gasteiger partial charge in [-0.3, -0.25) is 19.4 Å². The number of nitrogens with zero attached hydrogens (tertiary/aromatic N) is 1. The lowest BCUT2D eigenvalue weighted by Gasteiger charge is -2.16. The maximum atomic E-state index is 12.9. The summed E-state index contributed by atoms with van der Waals surface area (Å²) in [6, 6.07) is 15.9. The summed E-state index contributed by atoms with van der Waals surface area (Å²) in [5.74, 6) is -0.711. The van der Waals surface area contributed by atoms with Crippen LogP contribution in [-0.2, 0) is 9.59 Å². The largest absolute Gasteiger partial charge is 0.325 e. The zero-order chi connectivity index (χ0) is 19.7. The fourth-order valence-corrected chi connectivity index (χ4v) is 3.17. The third kappa shape index (κ3) is 3.24. The second kappa shape index (κ2) is 6.88. The van der Waals surface area contributed by atoms with Crippen LogP contribution >= 0.6 is 0 Å². The van der Waals surface area contributed by atoms with E-state index in [0.29, 0.717) is 35.3 Å². The molecule has 6 nitrogen and oxygen atoms in total. The van der Waals surface area contributed by atoms with Crippen LogP contribution < -0.4 is 10.6 Å². The summed E-state index contributed by atoms with van der Waals surface area (Å²) < 4.78 is 0. The third-order valence-corrected chi connectivity index (χ3v) is 5.05. The summed E-state index contributed by atoms with van der Waals surface area (Å²) in [6.07, 6.45) is 2.66. The number of ketones is 1. The van der Waals surface area contributed by atoms with Crippen LogP contribution in [0, 0.1) is 5.41 Å². The van der Waals surface area contributed by atoms with Gasteiger partial charge in [0.15, 0.2) is 5.78 Å². The minimum Gasteiger partial charge on any atom is -0.325 e. The van der Waals surface area contributed by atoms with E-state index in [2.05, 4.69) is 15.6 Å². The van der Waals surface area contributed by atoms with Crippen molar-refractivity contribution in [2.75, 3.05) is 10.6 Å². The number of rotatable bonds is 5. The number of carbonyl (C=O) groups is 3. The Hall–Kier alpha value is -3.54. The molecule has 1 aromatic heterocycles. The smallest absolute Gasteiger partial charge is 0.240 e. The topological polar surface area (TPSA) is 88.2 Å². The predicted molar refractivity (Wildman–Crippen MR) is 107 cm³/mol. The minimum absolute atomic E-state index is 0.0420. The van der Waals surface area contributed by atoms with E-state index in [1.165, 1.54) is 6.92 Å². The highest BCUT2D eigenvalue weighted by molar-refractivity contribution is 6.18. The molecule has 2 amide bonds. The van der Waals surface area contributed by atoms with Crippen LogP contribution in [0.1, 0.15) is 30.1 Å². The Kier molecular flexibility index (Phi) is 4.39. The van der Waals surface area contributed by atoms with E-state index in [9.17, 15) is 14.4 Å². The number of nitrogens with one attached hydrogen (secondary N) is 2. The molecule has 140 valence electrons. The van der Waals surface area contributed by atoms with Crippen LogP contribution in [-0.4, -0.2) is 22.6 Å². The Morgan fingerprint density at radius 2 is 1.57 bits per heavy atom. The Morgan fingerprint density at radius 3 is 2.25 bits per heavy atom. The van der Waals surface area contributed by atoms with Gasteiger partial charge >= 0.3 is 0 Å². The molecule has 0 radical (unpaired) electrons. The van der Waals surface area contributed by atoms with E-state index in [1.807, 2.05) is 24.3 Å². The second-order valence-electron chi connectivity index (χ2n) is 7.00. The average Bonchev–Trinajstić information content (AvgIpc) is 3.51. The number of Topliss-reactive ketones (excluding diaryl/α,β-unsaturated/α-hetero) is 1. The van der Waals surface area contributed by atoms with E-state index in [4.69, 9.17) is 0 Å². The van der Waals surface area contributed by atoms with Crippen molar-refractivity contribution in [1.82, 2.24) is 4.98 Å². The molecule has 0 spiro atoms. The van der Waals surface area contributed by atoms with Gasteiger partial charge in [0.2, 0.25) is 11.8 Å². The number of hydrogen-bond acceptors (Lipinski definition) is 4. The van der Waals surface area contributed by atoms with Crippen molar-refractivity contribution < 1.29 is 14.4 Å². The molecule has 0 unspecified atom stereocenters. The van der Waals surface area contributed by atoms with Crippen molar-refractivity contribution in [3.05, 3.63) is 66.4 Å². The summed E-state index contributed by atoms with van der Waals surface area (Å²) in [6.45, 7) is 1.49. The predicted octanol–water partition coefficient (Wildman–Crippen LogP) is 3.79. The Morgan fingerprint density at radius 1 is 0.893 bits per heavy atom. The van der Waals surface area contributed by atoms with Crippen LogP contribution in [0.5, 0.6) is 0 Å². The maximum absolute atomic E-state index is 12.9. The quantitative estimate of drug-likeness (QED) is 0.526. The number of amides is 2. The van der Waals surface area contributed by atoms with Gasteiger partial charge in [0, 0.05) is 22.8 Å². The van der Waals surface area contributed by atoms with Crippen molar-refractivity contribution in [1.29, 1.82) is 0 Å². The minimum atomic E-state index is -1.07. The molecule has 2 N–H and O–H groups in total. The number of fused-ring (bicyclic) bond motifs is 1. The number of pyridine rings is 1. The normalized spacial score (nSPS) is 14.3.